The molecule has 1 saturated heterocycles. The predicted molar refractivity (Wildman–Crippen MR) is 94.4 cm³/mol. The molecule has 1 fully saturated rings. The SMILES string of the molecule is CCNC(=O)CN1CCC[C@H](C(=O)c2cccc(OC(C)C)c2)C1. The number of ether oxygens (including phenoxy) is 1. The Kier molecular flexibility index (Phi) is 6.79. The van der Waals surface area contributed by atoms with Crippen molar-refractivity contribution in [3.63, 3.8) is 0 Å². The van der Waals surface area contributed by atoms with Crippen LogP contribution >= 0.6 is 0 Å². The first-order valence-electron chi connectivity index (χ1n) is 8.79. The number of carbonyl (C=O) groups excluding carboxylic acids is 2. The Morgan fingerprint density at radius 1 is 1.38 bits per heavy atom. The van der Waals surface area contributed by atoms with E-state index in [1.807, 2.05) is 45.0 Å². The minimum Gasteiger partial charge on any atom is -0.491 e. The summed E-state index contributed by atoms with van der Waals surface area (Å²) in [5.74, 6) is 0.844. The predicted octanol–water partition coefficient (Wildman–Crippen LogP) is 2.50. The Labute approximate surface area is 144 Å². The lowest BCUT2D eigenvalue weighted by Gasteiger charge is -2.31. The fraction of sp³-hybridized carbons (Fsp3) is 0.579. The molecule has 0 bridgehead atoms. The summed E-state index contributed by atoms with van der Waals surface area (Å²) in [5.41, 5.74) is 0.693. The smallest absolute Gasteiger partial charge is 0.234 e. The number of Topliss-reactive ketones (excluding diaryl/α,β-unsaturated/α-hetero) is 1. The van der Waals surface area contributed by atoms with Crippen LogP contribution in [-0.2, 0) is 4.79 Å². The monoisotopic (exact) mass is 332 g/mol. The normalized spacial score (nSPS) is 18.4. The van der Waals surface area contributed by atoms with Crippen molar-refractivity contribution >= 4 is 11.7 Å². The number of hydrogen-bond acceptors (Lipinski definition) is 4. The molecule has 1 aromatic rings. The van der Waals surface area contributed by atoms with E-state index in [1.54, 1.807) is 0 Å². The molecule has 24 heavy (non-hydrogen) atoms. The van der Waals surface area contributed by atoms with Gasteiger partial charge in [-0.05, 0) is 52.3 Å². The van der Waals surface area contributed by atoms with E-state index in [2.05, 4.69) is 10.2 Å². The van der Waals surface area contributed by atoms with Gasteiger partial charge in [0.2, 0.25) is 5.91 Å². The third-order valence-corrected chi connectivity index (χ3v) is 4.11. The van der Waals surface area contributed by atoms with Crippen molar-refractivity contribution in [1.29, 1.82) is 0 Å². The Hall–Kier alpha value is -1.88. The molecular formula is C19H28N2O3. The minimum absolute atomic E-state index is 0.0259. The molecule has 1 atom stereocenters. The van der Waals surface area contributed by atoms with Crippen molar-refractivity contribution in [3.8, 4) is 5.75 Å². The molecule has 1 aliphatic heterocycles. The summed E-state index contributed by atoms with van der Waals surface area (Å²) in [6.45, 7) is 8.37. The lowest BCUT2D eigenvalue weighted by molar-refractivity contribution is -0.122. The van der Waals surface area contributed by atoms with E-state index in [-0.39, 0.29) is 23.7 Å². The fourth-order valence-electron chi connectivity index (χ4n) is 3.10. The number of hydrogen-bond donors (Lipinski definition) is 1. The maximum absolute atomic E-state index is 12.8. The standard InChI is InChI=1S/C19H28N2O3/c1-4-20-18(22)13-21-10-6-8-16(12-21)19(23)15-7-5-9-17(11-15)24-14(2)3/h5,7,9,11,14,16H,4,6,8,10,12-13H2,1-3H3,(H,20,22)/t16-/m0/s1. The zero-order valence-corrected chi connectivity index (χ0v) is 14.9. The average molecular weight is 332 g/mol. The molecule has 1 aliphatic rings. The third-order valence-electron chi connectivity index (χ3n) is 4.11. The first-order chi connectivity index (χ1) is 11.5. The zero-order chi connectivity index (χ0) is 17.5. The summed E-state index contributed by atoms with van der Waals surface area (Å²) in [7, 11) is 0. The number of ketones is 1. The van der Waals surface area contributed by atoms with Gasteiger partial charge in [-0.3, -0.25) is 14.5 Å². The topological polar surface area (TPSA) is 58.6 Å². The highest BCUT2D eigenvalue weighted by atomic mass is 16.5. The minimum atomic E-state index is -0.0533. The van der Waals surface area contributed by atoms with Gasteiger partial charge >= 0.3 is 0 Å². The molecule has 5 heteroatoms. The quantitative estimate of drug-likeness (QED) is 0.780. The molecule has 1 aromatic carbocycles. The van der Waals surface area contributed by atoms with Crippen LogP contribution in [0.4, 0.5) is 0 Å². The van der Waals surface area contributed by atoms with Gasteiger partial charge in [0.25, 0.3) is 0 Å². The van der Waals surface area contributed by atoms with E-state index in [0.29, 0.717) is 25.2 Å². The average Bonchev–Trinajstić information content (AvgIpc) is 2.54. The number of nitrogens with one attached hydrogen (secondary N) is 1. The van der Waals surface area contributed by atoms with Crippen LogP contribution in [0.2, 0.25) is 0 Å². The molecule has 0 spiro atoms. The van der Waals surface area contributed by atoms with Crippen LogP contribution in [0.5, 0.6) is 5.75 Å². The van der Waals surface area contributed by atoms with Gasteiger partial charge in [0.1, 0.15) is 5.75 Å². The van der Waals surface area contributed by atoms with E-state index in [9.17, 15) is 9.59 Å². The Morgan fingerprint density at radius 2 is 2.17 bits per heavy atom. The first-order valence-corrected chi connectivity index (χ1v) is 8.79. The second-order valence-corrected chi connectivity index (χ2v) is 6.59. The summed E-state index contributed by atoms with van der Waals surface area (Å²) in [6, 6.07) is 7.41. The first kappa shape index (κ1) is 18.5. The summed E-state index contributed by atoms with van der Waals surface area (Å²) < 4.78 is 5.68. The summed E-state index contributed by atoms with van der Waals surface area (Å²) >= 11 is 0. The van der Waals surface area contributed by atoms with E-state index < -0.39 is 0 Å². The van der Waals surface area contributed by atoms with E-state index in [1.165, 1.54) is 0 Å². The summed E-state index contributed by atoms with van der Waals surface area (Å²) in [4.78, 5) is 26.6. The second-order valence-electron chi connectivity index (χ2n) is 6.59. The van der Waals surface area contributed by atoms with Gasteiger partial charge in [0.15, 0.2) is 5.78 Å². The number of benzene rings is 1. The van der Waals surface area contributed by atoms with Gasteiger partial charge in [-0.25, -0.2) is 0 Å². The second kappa shape index (κ2) is 8.83. The maximum Gasteiger partial charge on any atom is 0.234 e. The molecule has 132 valence electrons. The fourth-order valence-corrected chi connectivity index (χ4v) is 3.10. The highest BCUT2D eigenvalue weighted by Gasteiger charge is 2.27. The summed E-state index contributed by atoms with van der Waals surface area (Å²) in [6.07, 6.45) is 1.90. The molecule has 5 nitrogen and oxygen atoms in total. The molecule has 0 radical (unpaired) electrons. The lowest BCUT2D eigenvalue weighted by Crippen LogP contribution is -2.44. The maximum atomic E-state index is 12.8. The van der Waals surface area contributed by atoms with Crippen LogP contribution in [0, 0.1) is 5.92 Å². The number of piperidine rings is 1. The van der Waals surface area contributed by atoms with Gasteiger partial charge in [0, 0.05) is 24.6 Å². The van der Waals surface area contributed by atoms with Crippen molar-refractivity contribution < 1.29 is 14.3 Å². The Morgan fingerprint density at radius 3 is 2.88 bits per heavy atom. The van der Waals surface area contributed by atoms with Crippen molar-refractivity contribution in [2.45, 2.75) is 39.7 Å². The summed E-state index contributed by atoms with van der Waals surface area (Å²) in [5, 5.41) is 2.81. The number of likely N-dealkylation sites (N-methyl/N-ethyl adjacent to an activating group) is 1. The van der Waals surface area contributed by atoms with E-state index >= 15 is 0 Å². The molecule has 0 unspecified atom stereocenters. The van der Waals surface area contributed by atoms with Crippen LogP contribution in [-0.4, -0.2) is 48.9 Å². The van der Waals surface area contributed by atoms with Crippen LogP contribution in [0.15, 0.2) is 24.3 Å². The molecular weight excluding hydrogens is 304 g/mol. The van der Waals surface area contributed by atoms with Crippen LogP contribution < -0.4 is 10.1 Å². The lowest BCUT2D eigenvalue weighted by atomic mass is 9.90. The van der Waals surface area contributed by atoms with E-state index in [4.69, 9.17) is 4.74 Å². The van der Waals surface area contributed by atoms with Crippen molar-refractivity contribution in [1.82, 2.24) is 10.2 Å². The van der Waals surface area contributed by atoms with Crippen LogP contribution in [0.3, 0.4) is 0 Å². The number of nitrogens with zero attached hydrogens (tertiary/aromatic N) is 1. The molecule has 0 aliphatic carbocycles. The van der Waals surface area contributed by atoms with Gasteiger partial charge in [-0.1, -0.05) is 12.1 Å². The molecule has 1 amide bonds. The highest BCUT2D eigenvalue weighted by Crippen LogP contribution is 2.23. The van der Waals surface area contributed by atoms with Crippen LogP contribution in [0.1, 0.15) is 44.0 Å². The number of carbonyl (C=O) groups is 2. The van der Waals surface area contributed by atoms with Crippen molar-refractivity contribution in [2.24, 2.45) is 5.92 Å². The molecule has 2 rings (SSSR count). The molecule has 1 heterocycles. The Bertz CT molecular complexity index is 571. The number of rotatable bonds is 7. The van der Waals surface area contributed by atoms with Gasteiger partial charge in [0.05, 0.1) is 12.6 Å². The third kappa shape index (κ3) is 5.34. The zero-order valence-electron chi connectivity index (χ0n) is 14.9. The van der Waals surface area contributed by atoms with Crippen molar-refractivity contribution in [2.75, 3.05) is 26.2 Å². The number of amides is 1. The Balaban J connectivity index is 1.99. The molecule has 0 aromatic heterocycles. The molecule has 1 N–H and O–H groups in total. The van der Waals surface area contributed by atoms with Gasteiger partial charge in [-0.15, -0.1) is 0 Å². The van der Waals surface area contributed by atoms with E-state index in [0.717, 1.165) is 25.1 Å². The van der Waals surface area contributed by atoms with Crippen molar-refractivity contribution in [3.05, 3.63) is 29.8 Å². The molecule has 0 saturated carbocycles. The van der Waals surface area contributed by atoms with Crippen LogP contribution in [0.25, 0.3) is 0 Å². The largest absolute Gasteiger partial charge is 0.491 e. The highest BCUT2D eigenvalue weighted by molar-refractivity contribution is 5.98. The number of likely N-dealkylation sites (tertiary alicyclic amines) is 1. The van der Waals surface area contributed by atoms with Gasteiger partial charge < -0.3 is 10.1 Å². The van der Waals surface area contributed by atoms with Gasteiger partial charge in [-0.2, -0.15) is 0 Å².